The Kier molecular flexibility index (Phi) is 3.53. The first-order chi connectivity index (χ1) is 8.49. The van der Waals surface area contributed by atoms with Crippen molar-refractivity contribution >= 4 is 17.4 Å². The normalized spacial score (nSPS) is 10.7. The maximum atomic E-state index is 12.2. The van der Waals surface area contributed by atoms with Gasteiger partial charge in [-0.25, -0.2) is 0 Å². The van der Waals surface area contributed by atoms with Crippen molar-refractivity contribution in [3.63, 3.8) is 0 Å². The zero-order valence-corrected chi connectivity index (χ0v) is 11.5. The number of benzene rings is 1. The highest BCUT2D eigenvalue weighted by atomic mass is 35.5. The molecule has 18 heavy (non-hydrogen) atoms. The van der Waals surface area contributed by atoms with Crippen molar-refractivity contribution in [2.75, 3.05) is 0 Å². The molecule has 0 unspecified atom stereocenters. The first-order valence-corrected chi connectivity index (χ1v) is 6.13. The fourth-order valence-corrected chi connectivity index (χ4v) is 2.18. The molecule has 0 aliphatic heterocycles. The number of halogens is 1. The Morgan fingerprint density at radius 3 is 2.61 bits per heavy atom. The van der Waals surface area contributed by atoms with E-state index >= 15 is 0 Å². The molecule has 2 aromatic rings. The first kappa shape index (κ1) is 12.8. The molecule has 1 heterocycles. The van der Waals surface area contributed by atoms with Crippen molar-refractivity contribution in [3.8, 4) is 0 Å². The van der Waals surface area contributed by atoms with Crippen LogP contribution in [0.15, 0.2) is 24.4 Å². The van der Waals surface area contributed by atoms with E-state index in [2.05, 4.69) is 12.0 Å². The molecule has 0 saturated carbocycles. The molecule has 4 heteroatoms. The van der Waals surface area contributed by atoms with Crippen LogP contribution in [0.4, 0.5) is 0 Å². The number of ketones is 1. The second kappa shape index (κ2) is 4.94. The number of rotatable bonds is 3. The predicted octanol–water partition coefficient (Wildman–Crippen LogP) is 3.12. The fraction of sp³-hybridized carbons (Fsp3) is 0.286. The third kappa shape index (κ3) is 2.46. The molecule has 0 radical (unpaired) electrons. The van der Waals surface area contributed by atoms with E-state index in [0.29, 0.717) is 17.1 Å². The molecular formula is C14H15ClN2O. The summed E-state index contributed by atoms with van der Waals surface area (Å²) in [5.41, 5.74) is 3.89. The van der Waals surface area contributed by atoms with Crippen molar-refractivity contribution < 1.29 is 4.79 Å². The lowest BCUT2D eigenvalue weighted by atomic mass is 10.0. The van der Waals surface area contributed by atoms with Crippen molar-refractivity contribution in [1.82, 2.24) is 9.78 Å². The standard InChI is InChI=1S/C14H15ClN2O/c1-9-4-5-11(6-10(9)2)7-13(18)14-12(15)8-16-17(14)3/h4-6,8H,7H2,1-3H3. The van der Waals surface area contributed by atoms with Crippen LogP contribution in [0.1, 0.15) is 27.2 Å². The van der Waals surface area contributed by atoms with Crippen LogP contribution in [-0.4, -0.2) is 15.6 Å². The minimum Gasteiger partial charge on any atom is -0.292 e. The van der Waals surface area contributed by atoms with Crippen LogP contribution in [0.5, 0.6) is 0 Å². The molecule has 0 aliphatic rings. The maximum absolute atomic E-state index is 12.2. The van der Waals surface area contributed by atoms with Gasteiger partial charge in [0, 0.05) is 13.5 Å². The Morgan fingerprint density at radius 2 is 2.06 bits per heavy atom. The van der Waals surface area contributed by atoms with Gasteiger partial charge in [0.15, 0.2) is 5.78 Å². The topological polar surface area (TPSA) is 34.9 Å². The number of carbonyl (C=O) groups excluding carboxylic acids is 1. The summed E-state index contributed by atoms with van der Waals surface area (Å²) in [5.74, 6) is -0.0109. The van der Waals surface area contributed by atoms with Gasteiger partial charge < -0.3 is 0 Å². The van der Waals surface area contributed by atoms with Crippen LogP contribution in [0, 0.1) is 13.8 Å². The third-order valence-corrected chi connectivity index (χ3v) is 3.37. The summed E-state index contributed by atoms with van der Waals surface area (Å²) in [4.78, 5) is 12.2. The largest absolute Gasteiger partial charge is 0.292 e. The summed E-state index contributed by atoms with van der Waals surface area (Å²) in [6.07, 6.45) is 1.84. The number of carbonyl (C=O) groups is 1. The van der Waals surface area contributed by atoms with Crippen LogP contribution < -0.4 is 0 Å². The number of hydrogen-bond acceptors (Lipinski definition) is 2. The number of nitrogens with zero attached hydrogens (tertiary/aromatic N) is 2. The molecule has 1 aromatic carbocycles. The molecule has 0 spiro atoms. The lowest BCUT2D eigenvalue weighted by Crippen LogP contribution is -2.10. The highest BCUT2D eigenvalue weighted by Crippen LogP contribution is 2.18. The van der Waals surface area contributed by atoms with Crippen molar-refractivity contribution in [3.05, 3.63) is 51.8 Å². The zero-order chi connectivity index (χ0) is 13.3. The third-order valence-electron chi connectivity index (χ3n) is 3.09. The smallest absolute Gasteiger partial charge is 0.186 e. The van der Waals surface area contributed by atoms with Crippen LogP contribution in [0.2, 0.25) is 5.02 Å². The highest BCUT2D eigenvalue weighted by Gasteiger charge is 2.16. The molecule has 2 rings (SSSR count). The summed E-state index contributed by atoms with van der Waals surface area (Å²) in [5, 5.41) is 4.38. The Balaban J connectivity index is 2.24. The Hall–Kier alpha value is -1.61. The van der Waals surface area contributed by atoms with Gasteiger partial charge in [-0.1, -0.05) is 29.8 Å². The molecule has 0 fully saturated rings. The molecule has 0 aliphatic carbocycles. The van der Waals surface area contributed by atoms with Gasteiger partial charge in [0.2, 0.25) is 0 Å². The van der Waals surface area contributed by atoms with Crippen molar-refractivity contribution in [2.24, 2.45) is 7.05 Å². The van der Waals surface area contributed by atoms with Gasteiger partial charge in [-0.05, 0) is 30.5 Å². The van der Waals surface area contributed by atoms with Gasteiger partial charge in [0.25, 0.3) is 0 Å². The summed E-state index contributed by atoms with van der Waals surface area (Å²) in [6, 6.07) is 6.05. The molecular weight excluding hydrogens is 248 g/mol. The van der Waals surface area contributed by atoms with Gasteiger partial charge >= 0.3 is 0 Å². The SMILES string of the molecule is Cc1ccc(CC(=O)c2c(Cl)cnn2C)cc1C. The highest BCUT2D eigenvalue weighted by molar-refractivity contribution is 6.33. The van der Waals surface area contributed by atoms with Crippen molar-refractivity contribution in [2.45, 2.75) is 20.3 Å². The van der Waals surface area contributed by atoms with Gasteiger partial charge in [-0.15, -0.1) is 0 Å². The van der Waals surface area contributed by atoms with Gasteiger partial charge in [-0.3, -0.25) is 9.48 Å². The second-order valence-corrected chi connectivity index (χ2v) is 4.89. The van der Waals surface area contributed by atoms with Crippen LogP contribution in [0.25, 0.3) is 0 Å². The van der Waals surface area contributed by atoms with E-state index in [1.165, 1.54) is 22.0 Å². The van der Waals surface area contributed by atoms with Gasteiger partial charge in [0.05, 0.1) is 11.2 Å². The molecule has 1 aromatic heterocycles. The maximum Gasteiger partial charge on any atom is 0.186 e. The van der Waals surface area contributed by atoms with Crippen LogP contribution in [-0.2, 0) is 13.5 Å². The van der Waals surface area contributed by atoms with Crippen molar-refractivity contribution in [1.29, 1.82) is 0 Å². The predicted molar refractivity (Wildman–Crippen MR) is 72.2 cm³/mol. The lowest BCUT2D eigenvalue weighted by Gasteiger charge is -2.05. The quantitative estimate of drug-likeness (QED) is 0.797. The van der Waals surface area contributed by atoms with E-state index in [4.69, 9.17) is 11.6 Å². The summed E-state index contributed by atoms with van der Waals surface area (Å²) >= 11 is 5.96. The lowest BCUT2D eigenvalue weighted by molar-refractivity contribution is 0.0984. The fourth-order valence-electron chi connectivity index (χ4n) is 1.91. The molecule has 0 amide bonds. The average molecular weight is 263 g/mol. The molecule has 0 bridgehead atoms. The Bertz CT molecular complexity index is 582. The van der Waals surface area contributed by atoms with E-state index in [0.717, 1.165) is 5.56 Å². The average Bonchev–Trinajstić information content (AvgIpc) is 2.64. The molecule has 0 saturated heterocycles. The summed E-state index contributed by atoms with van der Waals surface area (Å²) in [6.45, 7) is 4.10. The van der Waals surface area contributed by atoms with Crippen LogP contribution >= 0.6 is 11.6 Å². The minimum absolute atomic E-state index is 0.0109. The number of hydrogen-bond donors (Lipinski definition) is 0. The zero-order valence-electron chi connectivity index (χ0n) is 10.7. The van der Waals surface area contributed by atoms with E-state index in [9.17, 15) is 4.79 Å². The van der Waals surface area contributed by atoms with Gasteiger partial charge in [0.1, 0.15) is 5.69 Å². The van der Waals surface area contributed by atoms with E-state index < -0.39 is 0 Å². The Labute approximate surface area is 111 Å². The first-order valence-electron chi connectivity index (χ1n) is 5.76. The number of aromatic nitrogens is 2. The number of aryl methyl sites for hydroxylation is 3. The summed E-state index contributed by atoms with van der Waals surface area (Å²) in [7, 11) is 1.72. The van der Waals surface area contributed by atoms with E-state index in [-0.39, 0.29) is 5.78 Å². The summed E-state index contributed by atoms with van der Waals surface area (Å²) < 4.78 is 1.52. The van der Waals surface area contributed by atoms with E-state index in [1.807, 2.05) is 25.1 Å². The van der Waals surface area contributed by atoms with Gasteiger partial charge in [-0.2, -0.15) is 5.10 Å². The molecule has 3 nitrogen and oxygen atoms in total. The number of Topliss-reactive ketones (excluding diaryl/α,β-unsaturated/α-hetero) is 1. The molecule has 94 valence electrons. The monoisotopic (exact) mass is 262 g/mol. The second-order valence-electron chi connectivity index (χ2n) is 4.48. The molecule has 0 atom stereocenters. The van der Waals surface area contributed by atoms with E-state index in [1.54, 1.807) is 7.05 Å². The Morgan fingerprint density at radius 1 is 1.33 bits per heavy atom. The van der Waals surface area contributed by atoms with Crippen LogP contribution in [0.3, 0.4) is 0 Å². The minimum atomic E-state index is -0.0109. The molecule has 0 N–H and O–H groups in total.